The van der Waals surface area contributed by atoms with Crippen molar-refractivity contribution in [1.82, 2.24) is 4.98 Å². The number of rotatable bonds is 10. The number of anilines is 1. The predicted octanol–water partition coefficient (Wildman–Crippen LogP) is 4.93. The Morgan fingerprint density at radius 3 is 2.55 bits per heavy atom. The number of aryl methyl sites for hydroxylation is 1. The Morgan fingerprint density at radius 2 is 1.74 bits per heavy atom. The average molecular weight is 416 g/mol. The molecule has 6 nitrogen and oxygen atoms in total. The number of carboxylic acids is 1. The zero-order valence-electron chi connectivity index (χ0n) is 17.1. The molecular weight excluding hydrogens is 392 g/mol. The first-order valence-corrected chi connectivity index (χ1v) is 10.3. The highest BCUT2D eigenvalue weighted by Crippen LogP contribution is 2.24. The first-order valence-electron chi connectivity index (χ1n) is 10.3. The first-order chi connectivity index (χ1) is 15.2. The molecule has 0 fully saturated rings. The molecule has 0 aliphatic rings. The van der Waals surface area contributed by atoms with Crippen LogP contribution in [0.5, 0.6) is 5.75 Å². The molecule has 0 aliphatic heterocycles. The third kappa shape index (κ3) is 5.63. The highest BCUT2D eigenvalue weighted by atomic mass is 16.5. The fourth-order valence-electron chi connectivity index (χ4n) is 3.46. The molecule has 0 spiro atoms. The Kier molecular flexibility index (Phi) is 6.47. The Balaban J connectivity index is 1.51. The van der Waals surface area contributed by atoms with Gasteiger partial charge in [-0.15, -0.1) is 0 Å². The quantitative estimate of drug-likeness (QED) is 0.395. The zero-order valence-corrected chi connectivity index (χ0v) is 17.1. The predicted molar refractivity (Wildman–Crippen MR) is 119 cm³/mol. The van der Waals surface area contributed by atoms with E-state index in [-0.39, 0.29) is 6.61 Å². The van der Waals surface area contributed by atoms with E-state index in [1.54, 1.807) is 6.07 Å². The standard InChI is InChI=1S/C25H24N2O4/c28-24(29)18-30-21-12-6-10-20(16-21)17-27(15-7-11-19-8-2-1-3-9-19)25-26-22-13-4-5-14-23(22)31-25/h1-6,8-10,12-14,16H,7,11,15,17-18H2,(H,28,29). The molecule has 0 saturated heterocycles. The lowest BCUT2D eigenvalue weighted by Gasteiger charge is -2.21. The van der Waals surface area contributed by atoms with Crippen LogP contribution in [0.2, 0.25) is 0 Å². The summed E-state index contributed by atoms with van der Waals surface area (Å²) in [5.74, 6) is -0.471. The van der Waals surface area contributed by atoms with Crippen LogP contribution in [0.4, 0.5) is 6.01 Å². The number of aliphatic carboxylic acids is 1. The van der Waals surface area contributed by atoms with Crippen molar-refractivity contribution < 1.29 is 19.1 Å². The van der Waals surface area contributed by atoms with Gasteiger partial charge in [-0.25, -0.2) is 4.79 Å². The maximum Gasteiger partial charge on any atom is 0.341 e. The maximum absolute atomic E-state index is 10.8. The summed E-state index contributed by atoms with van der Waals surface area (Å²) in [6, 6.07) is 26.1. The van der Waals surface area contributed by atoms with E-state index in [4.69, 9.17) is 14.3 Å². The van der Waals surface area contributed by atoms with Crippen molar-refractivity contribution in [3.05, 3.63) is 90.0 Å². The van der Waals surface area contributed by atoms with Crippen molar-refractivity contribution in [2.45, 2.75) is 19.4 Å². The van der Waals surface area contributed by atoms with Gasteiger partial charge in [0.25, 0.3) is 6.01 Å². The third-order valence-corrected chi connectivity index (χ3v) is 4.92. The number of carbonyl (C=O) groups is 1. The van der Waals surface area contributed by atoms with Crippen LogP contribution in [0.1, 0.15) is 17.5 Å². The van der Waals surface area contributed by atoms with Crippen molar-refractivity contribution in [3.8, 4) is 5.75 Å². The Labute approximate surface area is 180 Å². The second-order valence-corrected chi connectivity index (χ2v) is 7.30. The molecule has 0 bridgehead atoms. The number of hydrogen-bond acceptors (Lipinski definition) is 5. The van der Waals surface area contributed by atoms with Gasteiger partial charge in [-0.1, -0.05) is 54.6 Å². The average Bonchev–Trinajstić information content (AvgIpc) is 3.22. The minimum absolute atomic E-state index is 0.366. The van der Waals surface area contributed by atoms with Gasteiger partial charge in [0.15, 0.2) is 12.2 Å². The normalized spacial score (nSPS) is 10.8. The van der Waals surface area contributed by atoms with Crippen LogP contribution in [0.25, 0.3) is 11.1 Å². The largest absolute Gasteiger partial charge is 0.482 e. The first kappa shape index (κ1) is 20.5. The molecule has 158 valence electrons. The van der Waals surface area contributed by atoms with Crippen molar-refractivity contribution in [2.24, 2.45) is 0 Å². The van der Waals surface area contributed by atoms with E-state index >= 15 is 0 Å². The van der Waals surface area contributed by atoms with Crippen molar-refractivity contribution in [1.29, 1.82) is 0 Å². The van der Waals surface area contributed by atoms with Crippen molar-refractivity contribution >= 4 is 23.1 Å². The van der Waals surface area contributed by atoms with Crippen LogP contribution >= 0.6 is 0 Å². The third-order valence-electron chi connectivity index (χ3n) is 4.92. The molecule has 0 saturated carbocycles. The number of fused-ring (bicyclic) bond motifs is 1. The molecule has 1 heterocycles. The number of hydrogen-bond donors (Lipinski definition) is 1. The van der Waals surface area contributed by atoms with Gasteiger partial charge in [0.05, 0.1) is 0 Å². The second kappa shape index (κ2) is 9.80. The summed E-state index contributed by atoms with van der Waals surface area (Å²) in [6.45, 7) is 0.975. The Bertz CT molecular complexity index is 1110. The van der Waals surface area contributed by atoms with Crippen LogP contribution in [-0.2, 0) is 17.8 Å². The summed E-state index contributed by atoms with van der Waals surface area (Å²) < 4.78 is 11.3. The van der Waals surface area contributed by atoms with Gasteiger partial charge in [-0.2, -0.15) is 4.98 Å². The molecule has 1 aromatic heterocycles. The minimum Gasteiger partial charge on any atom is -0.482 e. The number of oxazole rings is 1. The second-order valence-electron chi connectivity index (χ2n) is 7.30. The van der Waals surface area contributed by atoms with Gasteiger partial charge in [0, 0.05) is 13.1 Å². The maximum atomic E-state index is 10.8. The summed E-state index contributed by atoms with van der Waals surface area (Å²) in [7, 11) is 0. The number of ether oxygens (including phenoxy) is 1. The number of benzene rings is 3. The van der Waals surface area contributed by atoms with Crippen molar-refractivity contribution in [2.75, 3.05) is 18.1 Å². The van der Waals surface area contributed by atoms with Gasteiger partial charge in [0.1, 0.15) is 11.3 Å². The fraction of sp³-hybridized carbons (Fsp3) is 0.200. The zero-order chi connectivity index (χ0) is 21.5. The molecule has 4 aromatic rings. The Hall–Kier alpha value is -3.80. The molecule has 0 unspecified atom stereocenters. The molecule has 4 rings (SSSR count). The lowest BCUT2D eigenvalue weighted by atomic mass is 10.1. The smallest absolute Gasteiger partial charge is 0.341 e. The number of para-hydroxylation sites is 2. The van der Waals surface area contributed by atoms with Gasteiger partial charge in [0.2, 0.25) is 0 Å². The van der Waals surface area contributed by atoms with E-state index < -0.39 is 5.97 Å². The lowest BCUT2D eigenvalue weighted by molar-refractivity contribution is -0.139. The van der Waals surface area contributed by atoms with E-state index in [1.165, 1.54) is 5.56 Å². The van der Waals surface area contributed by atoms with E-state index in [1.807, 2.05) is 48.5 Å². The molecular formula is C25H24N2O4. The van der Waals surface area contributed by atoms with E-state index in [9.17, 15) is 4.79 Å². The minimum atomic E-state index is -1.00. The topological polar surface area (TPSA) is 75.8 Å². The number of nitrogens with zero attached hydrogens (tertiary/aromatic N) is 2. The van der Waals surface area contributed by atoms with Gasteiger partial charge < -0.3 is 19.2 Å². The molecule has 31 heavy (non-hydrogen) atoms. The van der Waals surface area contributed by atoms with Gasteiger partial charge >= 0.3 is 5.97 Å². The van der Waals surface area contributed by atoms with Gasteiger partial charge in [-0.05, 0) is 48.2 Å². The van der Waals surface area contributed by atoms with Gasteiger partial charge in [-0.3, -0.25) is 0 Å². The molecule has 6 heteroatoms. The highest BCUT2D eigenvalue weighted by molar-refractivity contribution is 5.74. The lowest BCUT2D eigenvalue weighted by Crippen LogP contribution is -2.24. The van der Waals surface area contributed by atoms with Crippen molar-refractivity contribution in [3.63, 3.8) is 0 Å². The summed E-state index contributed by atoms with van der Waals surface area (Å²) in [5.41, 5.74) is 3.86. The molecule has 0 radical (unpaired) electrons. The molecule has 0 atom stereocenters. The fourth-order valence-corrected chi connectivity index (χ4v) is 3.46. The summed E-state index contributed by atoms with van der Waals surface area (Å²) in [4.78, 5) is 17.6. The highest BCUT2D eigenvalue weighted by Gasteiger charge is 2.15. The molecule has 0 aliphatic carbocycles. The monoisotopic (exact) mass is 416 g/mol. The molecule has 3 aromatic carbocycles. The van der Waals surface area contributed by atoms with Crippen LogP contribution in [0.3, 0.4) is 0 Å². The number of carboxylic acid groups (broad SMARTS) is 1. The summed E-state index contributed by atoms with van der Waals surface area (Å²) in [6.07, 6.45) is 1.90. The summed E-state index contributed by atoms with van der Waals surface area (Å²) in [5, 5.41) is 8.84. The van der Waals surface area contributed by atoms with Crippen LogP contribution in [0, 0.1) is 0 Å². The molecule has 1 N–H and O–H groups in total. The van der Waals surface area contributed by atoms with Crippen LogP contribution in [0.15, 0.2) is 83.3 Å². The Morgan fingerprint density at radius 1 is 0.968 bits per heavy atom. The van der Waals surface area contributed by atoms with Crippen LogP contribution < -0.4 is 9.64 Å². The SMILES string of the molecule is O=C(O)COc1cccc(CN(CCCc2ccccc2)c2nc3ccccc3o2)c1. The van der Waals surface area contributed by atoms with E-state index in [2.05, 4.69) is 34.1 Å². The van der Waals surface area contributed by atoms with E-state index in [0.29, 0.717) is 18.3 Å². The molecule has 0 amide bonds. The number of aromatic nitrogens is 1. The summed E-state index contributed by atoms with van der Waals surface area (Å²) >= 11 is 0. The van der Waals surface area contributed by atoms with Crippen LogP contribution in [-0.4, -0.2) is 29.2 Å². The van der Waals surface area contributed by atoms with E-state index in [0.717, 1.165) is 36.0 Å².